The standard InChI is InChI=1S/C15H17NO/c1-11-3-2-4-12(9-11)14-7-8-17-15(14)10-16-13-5-6-13/h2-4,7-9,13,16H,5-6,10H2,1H3. The molecule has 0 unspecified atom stereocenters. The molecule has 1 fully saturated rings. The summed E-state index contributed by atoms with van der Waals surface area (Å²) in [5.41, 5.74) is 3.73. The number of rotatable bonds is 4. The Morgan fingerprint density at radius 2 is 2.18 bits per heavy atom. The molecule has 0 aliphatic heterocycles. The molecule has 0 radical (unpaired) electrons. The van der Waals surface area contributed by atoms with Crippen molar-refractivity contribution in [1.82, 2.24) is 5.32 Å². The van der Waals surface area contributed by atoms with E-state index in [0.29, 0.717) is 6.04 Å². The molecule has 1 heterocycles. The zero-order valence-corrected chi connectivity index (χ0v) is 10.1. The summed E-state index contributed by atoms with van der Waals surface area (Å²) in [5, 5.41) is 3.49. The molecular weight excluding hydrogens is 210 g/mol. The van der Waals surface area contributed by atoms with Crippen LogP contribution >= 0.6 is 0 Å². The number of aryl methyl sites for hydroxylation is 1. The maximum atomic E-state index is 5.57. The Hall–Kier alpha value is -1.54. The van der Waals surface area contributed by atoms with Crippen molar-refractivity contribution in [1.29, 1.82) is 0 Å². The van der Waals surface area contributed by atoms with Crippen LogP contribution in [-0.4, -0.2) is 6.04 Å². The Morgan fingerprint density at radius 1 is 1.29 bits per heavy atom. The van der Waals surface area contributed by atoms with Gasteiger partial charge < -0.3 is 9.73 Å². The lowest BCUT2D eigenvalue weighted by atomic mass is 10.0. The summed E-state index contributed by atoms with van der Waals surface area (Å²) in [6.07, 6.45) is 4.39. The van der Waals surface area contributed by atoms with Crippen LogP contribution in [0.2, 0.25) is 0 Å². The van der Waals surface area contributed by atoms with Crippen LogP contribution in [0.3, 0.4) is 0 Å². The summed E-state index contributed by atoms with van der Waals surface area (Å²) in [6, 6.07) is 11.3. The van der Waals surface area contributed by atoms with Gasteiger partial charge in [-0.3, -0.25) is 0 Å². The van der Waals surface area contributed by atoms with E-state index in [1.165, 1.54) is 29.5 Å². The van der Waals surface area contributed by atoms with E-state index in [9.17, 15) is 0 Å². The van der Waals surface area contributed by atoms with Crippen molar-refractivity contribution in [3.8, 4) is 11.1 Å². The molecule has 3 rings (SSSR count). The van der Waals surface area contributed by atoms with Crippen molar-refractivity contribution in [3.63, 3.8) is 0 Å². The summed E-state index contributed by atoms with van der Waals surface area (Å²) < 4.78 is 5.57. The average molecular weight is 227 g/mol. The molecule has 88 valence electrons. The molecule has 0 bridgehead atoms. The van der Waals surface area contributed by atoms with E-state index >= 15 is 0 Å². The first kappa shape index (κ1) is 10.6. The Morgan fingerprint density at radius 3 is 2.94 bits per heavy atom. The number of nitrogens with one attached hydrogen (secondary N) is 1. The Labute approximate surface area is 102 Å². The van der Waals surface area contributed by atoms with Crippen LogP contribution in [0.25, 0.3) is 11.1 Å². The van der Waals surface area contributed by atoms with Gasteiger partial charge in [0.15, 0.2) is 0 Å². The first-order valence-electron chi connectivity index (χ1n) is 6.20. The molecule has 2 aromatic rings. The van der Waals surface area contributed by atoms with Crippen LogP contribution in [0.4, 0.5) is 0 Å². The summed E-state index contributed by atoms with van der Waals surface area (Å²) in [4.78, 5) is 0. The van der Waals surface area contributed by atoms with Crippen molar-refractivity contribution in [3.05, 3.63) is 47.9 Å². The third kappa shape index (κ3) is 2.42. The summed E-state index contributed by atoms with van der Waals surface area (Å²) in [5.74, 6) is 1.04. The highest BCUT2D eigenvalue weighted by molar-refractivity contribution is 5.66. The number of hydrogen-bond donors (Lipinski definition) is 1. The molecule has 1 saturated carbocycles. The molecule has 1 aromatic carbocycles. The van der Waals surface area contributed by atoms with Crippen LogP contribution in [0.5, 0.6) is 0 Å². The van der Waals surface area contributed by atoms with E-state index in [1.807, 2.05) is 0 Å². The van der Waals surface area contributed by atoms with Crippen LogP contribution in [-0.2, 0) is 6.54 Å². The molecule has 1 aliphatic carbocycles. The first-order chi connectivity index (χ1) is 8.33. The molecule has 1 N–H and O–H groups in total. The molecule has 0 amide bonds. The second-order valence-corrected chi connectivity index (χ2v) is 4.78. The summed E-state index contributed by atoms with van der Waals surface area (Å²) in [7, 11) is 0. The summed E-state index contributed by atoms with van der Waals surface area (Å²) >= 11 is 0. The highest BCUT2D eigenvalue weighted by Crippen LogP contribution is 2.27. The van der Waals surface area contributed by atoms with E-state index in [4.69, 9.17) is 4.42 Å². The van der Waals surface area contributed by atoms with Gasteiger partial charge in [0.25, 0.3) is 0 Å². The van der Waals surface area contributed by atoms with Gasteiger partial charge in [-0.25, -0.2) is 0 Å². The zero-order valence-electron chi connectivity index (χ0n) is 10.1. The molecule has 0 spiro atoms. The molecule has 17 heavy (non-hydrogen) atoms. The normalized spacial score (nSPS) is 15.1. The summed E-state index contributed by atoms with van der Waals surface area (Å²) in [6.45, 7) is 2.95. The van der Waals surface area contributed by atoms with Gasteiger partial charge in [0.05, 0.1) is 12.8 Å². The minimum atomic E-state index is 0.713. The number of hydrogen-bond acceptors (Lipinski definition) is 2. The molecule has 2 nitrogen and oxygen atoms in total. The van der Waals surface area contributed by atoms with Gasteiger partial charge in [0.1, 0.15) is 5.76 Å². The van der Waals surface area contributed by atoms with Gasteiger partial charge in [-0.05, 0) is 31.4 Å². The molecule has 0 saturated heterocycles. The third-order valence-corrected chi connectivity index (χ3v) is 3.20. The highest BCUT2D eigenvalue weighted by Gasteiger charge is 2.21. The quantitative estimate of drug-likeness (QED) is 0.864. The molecular formula is C15H17NO. The monoisotopic (exact) mass is 227 g/mol. The van der Waals surface area contributed by atoms with E-state index in [-0.39, 0.29) is 0 Å². The van der Waals surface area contributed by atoms with Crippen LogP contribution in [0, 0.1) is 6.92 Å². The maximum Gasteiger partial charge on any atom is 0.125 e. The minimum Gasteiger partial charge on any atom is -0.467 e. The lowest BCUT2D eigenvalue weighted by Crippen LogP contribution is -2.15. The van der Waals surface area contributed by atoms with Gasteiger partial charge in [-0.15, -0.1) is 0 Å². The van der Waals surface area contributed by atoms with Gasteiger partial charge >= 0.3 is 0 Å². The fourth-order valence-corrected chi connectivity index (χ4v) is 2.07. The molecule has 0 atom stereocenters. The van der Waals surface area contributed by atoms with Crippen molar-refractivity contribution in [2.45, 2.75) is 32.4 Å². The van der Waals surface area contributed by atoms with Crippen molar-refractivity contribution >= 4 is 0 Å². The lowest BCUT2D eigenvalue weighted by molar-refractivity contribution is 0.483. The van der Waals surface area contributed by atoms with Crippen molar-refractivity contribution in [2.75, 3.05) is 0 Å². The predicted octanol–water partition coefficient (Wildman–Crippen LogP) is 3.51. The lowest BCUT2D eigenvalue weighted by Gasteiger charge is -2.05. The largest absolute Gasteiger partial charge is 0.467 e. The van der Waals surface area contributed by atoms with Crippen LogP contribution in [0.15, 0.2) is 41.0 Å². The van der Waals surface area contributed by atoms with E-state index in [1.54, 1.807) is 6.26 Å². The third-order valence-electron chi connectivity index (χ3n) is 3.20. The first-order valence-corrected chi connectivity index (χ1v) is 6.20. The van der Waals surface area contributed by atoms with Gasteiger partial charge in [0, 0.05) is 11.6 Å². The van der Waals surface area contributed by atoms with Crippen LogP contribution < -0.4 is 5.32 Å². The fourth-order valence-electron chi connectivity index (χ4n) is 2.07. The molecule has 2 heteroatoms. The predicted molar refractivity (Wildman–Crippen MR) is 68.7 cm³/mol. The van der Waals surface area contributed by atoms with Crippen molar-refractivity contribution in [2.24, 2.45) is 0 Å². The Kier molecular flexibility index (Phi) is 2.73. The second-order valence-electron chi connectivity index (χ2n) is 4.78. The van der Waals surface area contributed by atoms with Gasteiger partial charge in [-0.1, -0.05) is 29.8 Å². The van der Waals surface area contributed by atoms with E-state index in [0.717, 1.165) is 12.3 Å². The fraction of sp³-hybridized carbons (Fsp3) is 0.333. The zero-order chi connectivity index (χ0) is 11.7. The van der Waals surface area contributed by atoms with Crippen LogP contribution in [0.1, 0.15) is 24.2 Å². The topological polar surface area (TPSA) is 25.2 Å². The number of furan rings is 1. The van der Waals surface area contributed by atoms with Gasteiger partial charge in [0.2, 0.25) is 0 Å². The Balaban J connectivity index is 1.83. The molecule has 1 aromatic heterocycles. The second kappa shape index (κ2) is 4.38. The molecule has 1 aliphatic rings. The maximum absolute atomic E-state index is 5.57. The van der Waals surface area contributed by atoms with E-state index in [2.05, 4.69) is 42.6 Å². The van der Waals surface area contributed by atoms with Crippen molar-refractivity contribution < 1.29 is 4.42 Å². The van der Waals surface area contributed by atoms with Gasteiger partial charge in [-0.2, -0.15) is 0 Å². The average Bonchev–Trinajstić information content (AvgIpc) is 3.04. The van der Waals surface area contributed by atoms with E-state index < -0.39 is 0 Å². The highest BCUT2D eigenvalue weighted by atomic mass is 16.3. The Bertz CT molecular complexity index is 511. The smallest absolute Gasteiger partial charge is 0.125 e. The SMILES string of the molecule is Cc1cccc(-c2ccoc2CNC2CC2)c1. The number of benzene rings is 1. The minimum absolute atomic E-state index is 0.713.